The Kier molecular flexibility index (Phi) is 21.8. The van der Waals surface area contributed by atoms with Crippen molar-refractivity contribution in [3.05, 3.63) is 54.1 Å². The molecule has 1 aromatic heterocycles. The summed E-state index contributed by atoms with van der Waals surface area (Å²) in [5.74, 6) is 1.50. The van der Waals surface area contributed by atoms with Crippen LogP contribution in [0.2, 0.25) is 0 Å². The third-order valence-corrected chi connectivity index (χ3v) is 8.80. The summed E-state index contributed by atoms with van der Waals surface area (Å²) in [4.78, 5) is 0. The van der Waals surface area contributed by atoms with Gasteiger partial charge in [-0.05, 0) is 31.2 Å². The Morgan fingerprint density at radius 1 is 0.500 bits per heavy atom. The van der Waals surface area contributed by atoms with Crippen molar-refractivity contribution in [1.82, 2.24) is 4.57 Å². The van der Waals surface area contributed by atoms with Gasteiger partial charge in [-0.1, -0.05) is 173 Å². The van der Waals surface area contributed by atoms with E-state index in [0.717, 1.165) is 6.42 Å². The summed E-state index contributed by atoms with van der Waals surface area (Å²) in [6.07, 6.45) is 39.8. The predicted molar refractivity (Wildman–Crippen MR) is 176 cm³/mol. The highest BCUT2D eigenvalue weighted by Crippen LogP contribution is 2.15. The summed E-state index contributed by atoms with van der Waals surface area (Å²) in [5.41, 5.74) is 1.43. The normalized spacial score (nSPS) is 11.4. The van der Waals surface area contributed by atoms with Crippen LogP contribution in [-0.4, -0.2) is 4.57 Å². The first-order chi connectivity index (χ1) is 19.8. The van der Waals surface area contributed by atoms with Gasteiger partial charge >= 0.3 is 0 Å². The predicted octanol–water partition coefficient (Wildman–Crippen LogP) is 11.8. The maximum atomic E-state index is 2.56. The van der Waals surface area contributed by atoms with Gasteiger partial charge < -0.3 is 0 Å². The molecule has 2 nitrogen and oxygen atoms in total. The Bertz CT molecular complexity index is 793. The maximum Gasteiger partial charge on any atom is 0.260 e. The van der Waals surface area contributed by atoms with Crippen LogP contribution in [-0.2, 0) is 19.5 Å². The Labute approximate surface area is 250 Å². The third kappa shape index (κ3) is 17.3. The first-order valence-electron chi connectivity index (χ1n) is 18.0. The zero-order valence-corrected chi connectivity index (χ0v) is 27.0. The summed E-state index contributed by atoms with van der Waals surface area (Å²) < 4.78 is 5.12. The average Bonchev–Trinajstić information content (AvgIpc) is 3.35. The SMILES string of the molecule is CCCCCCCCCCCCCCCn1cc[n+](CCCCCCCCCCCCC)c1Cc1ccccc1. The van der Waals surface area contributed by atoms with Gasteiger partial charge in [0.25, 0.3) is 5.82 Å². The summed E-state index contributed by atoms with van der Waals surface area (Å²) in [7, 11) is 0. The van der Waals surface area contributed by atoms with Gasteiger partial charge in [0.05, 0.1) is 19.5 Å². The first kappa shape index (κ1) is 34.6. The second-order valence-electron chi connectivity index (χ2n) is 12.5. The van der Waals surface area contributed by atoms with E-state index in [1.165, 1.54) is 179 Å². The van der Waals surface area contributed by atoms with Crippen LogP contribution in [0, 0.1) is 0 Å². The molecule has 2 heteroatoms. The molecule has 2 rings (SSSR count). The largest absolute Gasteiger partial charge is 0.260 e. The monoisotopic (exact) mass is 552 g/mol. The topological polar surface area (TPSA) is 8.81 Å². The molecule has 0 amide bonds. The van der Waals surface area contributed by atoms with Crippen molar-refractivity contribution < 1.29 is 4.57 Å². The fourth-order valence-electron chi connectivity index (χ4n) is 6.13. The first-order valence-corrected chi connectivity index (χ1v) is 18.0. The molecule has 0 spiro atoms. The number of aryl methyl sites for hydroxylation is 2. The van der Waals surface area contributed by atoms with Gasteiger partial charge in [-0.2, -0.15) is 0 Å². The van der Waals surface area contributed by atoms with Crippen LogP contribution in [0.3, 0.4) is 0 Å². The minimum atomic E-state index is 1.05. The zero-order chi connectivity index (χ0) is 28.4. The van der Waals surface area contributed by atoms with E-state index < -0.39 is 0 Å². The highest BCUT2D eigenvalue weighted by Gasteiger charge is 2.17. The lowest BCUT2D eigenvalue weighted by Crippen LogP contribution is -2.37. The van der Waals surface area contributed by atoms with E-state index in [1.807, 2.05) is 0 Å². The molecule has 0 fully saturated rings. The number of nitrogens with zero attached hydrogens (tertiary/aromatic N) is 2. The Hall–Kier alpha value is -1.57. The van der Waals surface area contributed by atoms with Crippen molar-refractivity contribution in [2.75, 3.05) is 0 Å². The number of rotatable bonds is 28. The van der Waals surface area contributed by atoms with E-state index in [0.29, 0.717) is 0 Å². The van der Waals surface area contributed by atoms with Gasteiger partial charge in [0.15, 0.2) is 0 Å². The summed E-state index contributed by atoms with van der Waals surface area (Å²) in [5, 5.41) is 0. The van der Waals surface area contributed by atoms with Crippen molar-refractivity contribution in [3.8, 4) is 0 Å². The smallest absolute Gasteiger partial charge is 0.234 e. The molecule has 1 aromatic carbocycles. The molecule has 40 heavy (non-hydrogen) atoms. The van der Waals surface area contributed by atoms with Crippen molar-refractivity contribution >= 4 is 0 Å². The quantitative estimate of drug-likeness (QED) is 0.0734. The van der Waals surface area contributed by atoms with Crippen LogP contribution < -0.4 is 4.57 Å². The van der Waals surface area contributed by atoms with Gasteiger partial charge in [-0.15, -0.1) is 0 Å². The number of aromatic nitrogens is 2. The second kappa shape index (κ2) is 25.2. The standard InChI is InChI=1S/C38H67N2/c1-3-5-7-9-11-13-15-16-18-20-22-24-29-33-40-35-34-39(38(40)36-37-30-26-25-27-31-37)32-28-23-21-19-17-14-12-10-8-6-4-2/h25-27,30-31,34-35H,3-24,28-29,32-33,36H2,1-2H3/q+1. The van der Waals surface area contributed by atoms with Crippen molar-refractivity contribution in [3.63, 3.8) is 0 Å². The Morgan fingerprint density at radius 3 is 1.40 bits per heavy atom. The van der Waals surface area contributed by atoms with E-state index in [2.05, 4.69) is 65.7 Å². The molecule has 0 aliphatic carbocycles. The minimum absolute atomic E-state index is 1.05. The third-order valence-electron chi connectivity index (χ3n) is 8.80. The van der Waals surface area contributed by atoms with Crippen LogP contribution in [0.5, 0.6) is 0 Å². The lowest BCUT2D eigenvalue weighted by molar-refractivity contribution is -0.703. The molecule has 0 unspecified atom stereocenters. The van der Waals surface area contributed by atoms with Crippen LogP contribution in [0.15, 0.2) is 42.7 Å². The second-order valence-corrected chi connectivity index (χ2v) is 12.5. The number of imidazole rings is 1. The van der Waals surface area contributed by atoms with Gasteiger partial charge in [0.2, 0.25) is 0 Å². The van der Waals surface area contributed by atoms with Crippen LogP contribution in [0.25, 0.3) is 0 Å². The fraction of sp³-hybridized carbons (Fsp3) is 0.763. The molecule has 228 valence electrons. The van der Waals surface area contributed by atoms with Crippen LogP contribution in [0.4, 0.5) is 0 Å². The minimum Gasteiger partial charge on any atom is -0.234 e. The summed E-state index contributed by atoms with van der Waals surface area (Å²) in [6.45, 7) is 6.95. The maximum absolute atomic E-state index is 2.56. The molecular formula is C38H67N2+. The molecule has 2 aromatic rings. The molecule has 1 heterocycles. The molecule has 0 bridgehead atoms. The van der Waals surface area contributed by atoms with E-state index in [4.69, 9.17) is 0 Å². The molecule has 0 radical (unpaired) electrons. The lowest BCUT2D eigenvalue weighted by atomic mass is 10.0. The average molecular weight is 552 g/mol. The fourth-order valence-corrected chi connectivity index (χ4v) is 6.13. The van der Waals surface area contributed by atoms with Crippen molar-refractivity contribution in [1.29, 1.82) is 0 Å². The van der Waals surface area contributed by atoms with Gasteiger partial charge in [-0.3, -0.25) is 0 Å². The van der Waals surface area contributed by atoms with Crippen molar-refractivity contribution in [2.24, 2.45) is 0 Å². The number of benzene rings is 1. The Balaban J connectivity index is 1.62. The van der Waals surface area contributed by atoms with Gasteiger partial charge in [-0.25, -0.2) is 9.13 Å². The molecule has 0 aliphatic rings. The number of hydrogen-bond donors (Lipinski definition) is 0. The van der Waals surface area contributed by atoms with E-state index in [1.54, 1.807) is 0 Å². The highest BCUT2D eigenvalue weighted by atomic mass is 15.1. The lowest BCUT2D eigenvalue weighted by Gasteiger charge is -2.07. The summed E-state index contributed by atoms with van der Waals surface area (Å²) >= 11 is 0. The van der Waals surface area contributed by atoms with E-state index in [9.17, 15) is 0 Å². The van der Waals surface area contributed by atoms with E-state index >= 15 is 0 Å². The molecule has 0 saturated heterocycles. The van der Waals surface area contributed by atoms with Crippen LogP contribution in [0.1, 0.15) is 179 Å². The highest BCUT2D eigenvalue weighted by molar-refractivity contribution is 5.18. The van der Waals surface area contributed by atoms with Gasteiger partial charge in [0, 0.05) is 0 Å². The molecule has 0 saturated carbocycles. The van der Waals surface area contributed by atoms with E-state index in [-0.39, 0.29) is 0 Å². The molecule has 0 aliphatic heterocycles. The molecular weight excluding hydrogens is 484 g/mol. The zero-order valence-electron chi connectivity index (χ0n) is 27.0. The van der Waals surface area contributed by atoms with Crippen molar-refractivity contribution in [2.45, 2.75) is 187 Å². The Morgan fingerprint density at radius 2 is 0.925 bits per heavy atom. The number of unbranched alkanes of at least 4 members (excludes halogenated alkanes) is 22. The summed E-state index contributed by atoms with van der Waals surface area (Å²) in [6, 6.07) is 11.1. The van der Waals surface area contributed by atoms with Crippen LogP contribution >= 0.6 is 0 Å². The number of hydrogen-bond acceptors (Lipinski definition) is 0. The molecule has 0 atom stereocenters. The molecule has 0 N–H and O–H groups in total. The van der Waals surface area contributed by atoms with Gasteiger partial charge in [0.1, 0.15) is 12.4 Å².